The first-order valence-electron chi connectivity index (χ1n) is 17.6. The molecule has 0 fully saturated rings. The van der Waals surface area contributed by atoms with Crippen molar-refractivity contribution < 1.29 is 0 Å². The molecule has 0 aliphatic heterocycles. The van der Waals surface area contributed by atoms with Crippen LogP contribution in [0.15, 0.2) is 206 Å². The maximum Gasteiger partial charge on any atom is 0.180 e. The molecule has 0 spiro atoms. The third kappa shape index (κ3) is 4.42. The highest BCUT2D eigenvalue weighted by Crippen LogP contribution is 2.37. The van der Waals surface area contributed by atoms with Crippen LogP contribution in [0.1, 0.15) is 0 Å². The molecule has 240 valence electrons. The first kappa shape index (κ1) is 29.5. The summed E-state index contributed by atoms with van der Waals surface area (Å²) >= 11 is 0. The molecule has 0 unspecified atom stereocenters. The average Bonchev–Trinajstić information content (AvgIpc) is 3.73. The second-order valence-corrected chi connectivity index (χ2v) is 17.1. The van der Waals surface area contributed by atoms with E-state index in [-0.39, 0.29) is 0 Å². The molecule has 51 heavy (non-hydrogen) atoms. The summed E-state index contributed by atoms with van der Waals surface area (Å²) in [5, 5.41) is 10.6. The number of rotatable bonds is 6. The van der Waals surface area contributed by atoms with Gasteiger partial charge in [0, 0.05) is 32.9 Å². The molecule has 0 aliphatic carbocycles. The molecule has 0 saturated carbocycles. The lowest BCUT2D eigenvalue weighted by molar-refractivity contribution is 1.17. The van der Waals surface area contributed by atoms with Gasteiger partial charge in [-0.15, -0.1) is 0 Å². The van der Waals surface area contributed by atoms with E-state index in [1.165, 1.54) is 70.0 Å². The Bertz CT molecular complexity index is 2740. The summed E-state index contributed by atoms with van der Waals surface area (Å²) in [4.78, 5) is 0. The molecule has 2 heterocycles. The summed E-state index contributed by atoms with van der Waals surface area (Å²) < 4.78 is 4.88. The number of nitrogens with zero attached hydrogens (tertiary/aromatic N) is 2. The molecule has 0 saturated heterocycles. The summed E-state index contributed by atoms with van der Waals surface area (Å²) in [5.74, 6) is 0. The van der Waals surface area contributed by atoms with Crippen LogP contribution in [0.25, 0.3) is 55.0 Å². The molecule has 0 aliphatic rings. The second kappa shape index (κ2) is 11.9. The van der Waals surface area contributed by atoms with Gasteiger partial charge >= 0.3 is 0 Å². The SMILES string of the molecule is c1ccc(-n2c3ccccc3c3cc(-n4c5ccccc5c5c([Si](c6ccccc6)(c6ccccc6)c6ccccc6)cccc54)ccc32)cc1. The number of aromatic nitrogens is 2. The highest BCUT2D eigenvalue weighted by molar-refractivity contribution is 7.20. The summed E-state index contributed by atoms with van der Waals surface area (Å²) in [6, 6.07) is 76.1. The quantitative estimate of drug-likeness (QED) is 0.124. The minimum Gasteiger partial charge on any atom is -0.309 e. The molecule has 2 aromatic heterocycles. The van der Waals surface area contributed by atoms with Crippen molar-refractivity contribution in [2.24, 2.45) is 0 Å². The Kier molecular flexibility index (Phi) is 6.86. The zero-order valence-electron chi connectivity index (χ0n) is 28.0. The Hall–Kier alpha value is -6.42. The largest absolute Gasteiger partial charge is 0.309 e. The van der Waals surface area contributed by atoms with Crippen LogP contribution in [0.5, 0.6) is 0 Å². The molecular formula is C48H34N2Si. The van der Waals surface area contributed by atoms with Crippen LogP contribution in [0.4, 0.5) is 0 Å². The molecule has 0 bridgehead atoms. The maximum atomic E-state index is 2.49. The lowest BCUT2D eigenvalue weighted by atomic mass is 10.1. The van der Waals surface area contributed by atoms with E-state index in [1.807, 2.05) is 0 Å². The number of hydrogen-bond donors (Lipinski definition) is 0. The molecule has 8 aromatic carbocycles. The van der Waals surface area contributed by atoms with E-state index in [1.54, 1.807) is 0 Å². The van der Waals surface area contributed by atoms with Gasteiger partial charge in [-0.25, -0.2) is 0 Å². The minimum absolute atomic E-state index is 1.16. The van der Waals surface area contributed by atoms with Crippen LogP contribution in [-0.4, -0.2) is 17.2 Å². The van der Waals surface area contributed by atoms with Crippen molar-refractivity contribution in [1.29, 1.82) is 0 Å². The Labute approximate surface area is 298 Å². The van der Waals surface area contributed by atoms with Crippen LogP contribution in [0.3, 0.4) is 0 Å². The number of hydrogen-bond acceptors (Lipinski definition) is 0. The van der Waals surface area contributed by atoms with E-state index >= 15 is 0 Å². The van der Waals surface area contributed by atoms with Crippen molar-refractivity contribution in [3.05, 3.63) is 206 Å². The van der Waals surface area contributed by atoms with Crippen LogP contribution < -0.4 is 20.7 Å². The Morgan fingerprint density at radius 2 is 0.745 bits per heavy atom. The Morgan fingerprint density at radius 3 is 1.35 bits per heavy atom. The third-order valence-corrected chi connectivity index (χ3v) is 15.5. The highest BCUT2D eigenvalue weighted by Gasteiger charge is 2.43. The molecule has 10 rings (SSSR count). The molecule has 3 heteroatoms. The van der Waals surface area contributed by atoms with Crippen LogP contribution in [-0.2, 0) is 0 Å². The van der Waals surface area contributed by atoms with E-state index in [9.17, 15) is 0 Å². The minimum atomic E-state index is -2.80. The second-order valence-electron chi connectivity index (χ2n) is 13.3. The standard InChI is InChI=1S/C48H34N2Si/c1-5-18-35(19-6-1)49-43-28-15-13-26-40(43)42-34-36(32-33-45(42)49)50-44-29-16-14-27-41(44)48-46(50)30-17-31-47(48)51(37-20-7-2-8-21-37,38-22-9-3-10-23-38)39-24-11-4-12-25-39/h1-34H. The van der Waals surface area contributed by atoms with Crippen molar-refractivity contribution in [2.75, 3.05) is 0 Å². The summed E-state index contributed by atoms with van der Waals surface area (Å²) in [7, 11) is -2.80. The maximum absolute atomic E-state index is 2.80. The van der Waals surface area contributed by atoms with Gasteiger partial charge in [-0.05, 0) is 69.3 Å². The Balaban J connectivity index is 1.32. The number of benzene rings is 8. The normalized spacial score (nSPS) is 11.9. The number of para-hydroxylation sites is 3. The molecule has 0 atom stereocenters. The molecule has 0 amide bonds. The van der Waals surface area contributed by atoms with Crippen molar-refractivity contribution in [3.63, 3.8) is 0 Å². The first-order valence-corrected chi connectivity index (χ1v) is 19.6. The zero-order chi connectivity index (χ0) is 33.8. The van der Waals surface area contributed by atoms with Gasteiger partial charge in [-0.3, -0.25) is 0 Å². The van der Waals surface area contributed by atoms with Gasteiger partial charge in [0.1, 0.15) is 0 Å². The predicted octanol–water partition coefficient (Wildman–Crippen LogP) is 9.26. The Morgan fingerprint density at radius 1 is 0.294 bits per heavy atom. The van der Waals surface area contributed by atoms with Crippen LogP contribution >= 0.6 is 0 Å². The van der Waals surface area contributed by atoms with Crippen molar-refractivity contribution in [1.82, 2.24) is 9.13 Å². The van der Waals surface area contributed by atoms with Gasteiger partial charge < -0.3 is 9.13 Å². The van der Waals surface area contributed by atoms with Crippen molar-refractivity contribution in [3.8, 4) is 11.4 Å². The zero-order valence-corrected chi connectivity index (χ0v) is 29.0. The van der Waals surface area contributed by atoms with Gasteiger partial charge in [0.25, 0.3) is 0 Å². The summed E-state index contributed by atoms with van der Waals surface area (Å²) in [6.07, 6.45) is 0. The average molecular weight is 667 g/mol. The van der Waals surface area contributed by atoms with E-state index in [2.05, 4.69) is 215 Å². The van der Waals surface area contributed by atoms with Crippen molar-refractivity contribution in [2.45, 2.75) is 0 Å². The fourth-order valence-corrected chi connectivity index (χ4v) is 13.6. The third-order valence-electron chi connectivity index (χ3n) is 10.7. The fourth-order valence-electron chi connectivity index (χ4n) is 8.60. The molecule has 0 radical (unpaired) electrons. The van der Waals surface area contributed by atoms with Gasteiger partial charge in [-0.1, -0.05) is 158 Å². The topological polar surface area (TPSA) is 9.86 Å². The fraction of sp³-hybridized carbons (Fsp3) is 0. The van der Waals surface area contributed by atoms with Gasteiger partial charge in [0.2, 0.25) is 0 Å². The highest BCUT2D eigenvalue weighted by atomic mass is 28.3. The smallest absolute Gasteiger partial charge is 0.180 e. The lowest BCUT2D eigenvalue weighted by Gasteiger charge is -2.35. The first-order chi connectivity index (χ1) is 25.3. The van der Waals surface area contributed by atoms with E-state index in [0.717, 1.165) is 5.69 Å². The molecule has 10 aromatic rings. The number of fused-ring (bicyclic) bond motifs is 6. The monoisotopic (exact) mass is 666 g/mol. The van der Waals surface area contributed by atoms with Gasteiger partial charge in [0.05, 0.1) is 22.1 Å². The molecular weight excluding hydrogens is 633 g/mol. The van der Waals surface area contributed by atoms with Crippen molar-refractivity contribution >= 4 is 72.4 Å². The van der Waals surface area contributed by atoms with E-state index in [0.29, 0.717) is 0 Å². The summed E-state index contributed by atoms with van der Waals surface area (Å²) in [5.41, 5.74) is 7.18. The van der Waals surface area contributed by atoms with Gasteiger partial charge in [0.15, 0.2) is 8.07 Å². The van der Waals surface area contributed by atoms with E-state index in [4.69, 9.17) is 0 Å². The van der Waals surface area contributed by atoms with Gasteiger partial charge in [-0.2, -0.15) is 0 Å². The van der Waals surface area contributed by atoms with Crippen LogP contribution in [0, 0.1) is 0 Å². The van der Waals surface area contributed by atoms with Crippen LogP contribution in [0.2, 0.25) is 0 Å². The summed E-state index contributed by atoms with van der Waals surface area (Å²) in [6.45, 7) is 0. The lowest BCUT2D eigenvalue weighted by Crippen LogP contribution is -2.74. The van der Waals surface area contributed by atoms with E-state index < -0.39 is 8.07 Å². The molecule has 0 N–H and O–H groups in total. The predicted molar refractivity (Wildman–Crippen MR) is 219 cm³/mol. The molecule has 2 nitrogen and oxygen atoms in total.